The van der Waals surface area contributed by atoms with Gasteiger partial charge in [-0.05, 0) is 6.42 Å². The molecule has 0 amide bonds. The summed E-state index contributed by atoms with van der Waals surface area (Å²) in [7, 11) is -2.63. The minimum atomic E-state index is -2.63. The standard InChI is InChI=1S/C7H9NO4S/c9-7(10)5-1-3-6(4-2-5)8-13(11)12/h1-3,6,13H,4H2,(H,9,10)(H,8,11,12). The van der Waals surface area contributed by atoms with Crippen molar-refractivity contribution in [2.45, 2.75) is 12.5 Å². The zero-order chi connectivity index (χ0) is 9.84. The van der Waals surface area contributed by atoms with Crippen LogP contribution in [0, 0.1) is 0 Å². The third-order valence-electron chi connectivity index (χ3n) is 1.62. The van der Waals surface area contributed by atoms with Crippen LogP contribution in [0.5, 0.6) is 0 Å². The van der Waals surface area contributed by atoms with Crippen LogP contribution >= 0.6 is 0 Å². The normalized spacial score (nSPS) is 21.6. The summed E-state index contributed by atoms with van der Waals surface area (Å²) >= 11 is 0. The van der Waals surface area contributed by atoms with Crippen molar-refractivity contribution >= 4 is 16.9 Å². The highest BCUT2D eigenvalue weighted by Gasteiger charge is 2.12. The predicted molar refractivity (Wildman–Crippen MR) is 46.7 cm³/mol. The molecule has 1 rings (SSSR count). The van der Waals surface area contributed by atoms with E-state index in [2.05, 4.69) is 4.72 Å². The van der Waals surface area contributed by atoms with Gasteiger partial charge in [-0.3, -0.25) is 0 Å². The summed E-state index contributed by atoms with van der Waals surface area (Å²) < 4.78 is 22.7. The van der Waals surface area contributed by atoms with Crippen molar-refractivity contribution in [2.24, 2.45) is 0 Å². The molecule has 0 fully saturated rings. The number of rotatable bonds is 3. The fraction of sp³-hybridized carbons (Fsp3) is 0.286. The molecule has 2 N–H and O–H groups in total. The van der Waals surface area contributed by atoms with Gasteiger partial charge >= 0.3 is 5.97 Å². The minimum absolute atomic E-state index is 0.194. The van der Waals surface area contributed by atoms with E-state index >= 15 is 0 Å². The van der Waals surface area contributed by atoms with Crippen LogP contribution in [0.1, 0.15) is 6.42 Å². The molecule has 1 aliphatic rings. The zero-order valence-corrected chi connectivity index (χ0v) is 7.53. The quantitative estimate of drug-likeness (QED) is 0.537. The van der Waals surface area contributed by atoms with E-state index in [-0.39, 0.29) is 11.6 Å². The average molecular weight is 203 g/mol. The molecule has 1 atom stereocenters. The third-order valence-corrected chi connectivity index (χ3v) is 2.16. The fourth-order valence-electron chi connectivity index (χ4n) is 1.01. The summed E-state index contributed by atoms with van der Waals surface area (Å²) in [6.45, 7) is 0. The van der Waals surface area contributed by atoms with Crippen molar-refractivity contribution in [1.82, 2.24) is 4.72 Å². The van der Waals surface area contributed by atoms with Gasteiger partial charge in [0, 0.05) is 6.04 Å². The van der Waals surface area contributed by atoms with E-state index in [4.69, 9.17) is 5.11 Å². The topological polar surface area (TPSA) is 83.5 Å². The number of hydrogen-bond acceptors (Lipinski definition) is 3. The van der Waals surface area contributed by atoms with Crippen LogP contribution < -0.4 is 4.72 Å². The van der Waals surface area contributed by atoms with Crippen LogP contribution in [0.3, 0.4) is 0 Å². The number of carboxylic acids is 1. The molecule has 0 spiro atoms. The number of aliphatic carboxylic acids is 1. The van der Waals surface area contributed by atoms with E-state index in [0.717, 1.165) is 0 Å². The van der Waals surface area contributed by atoms with E-state index in [1.165, 1.54) is 18.2 Å². The first-order chi connectivity index (χ1) is 6.09. The van der Waals surface area contributed by atoms with Gasteiger partial charge < -0.3 is 5.11 Å². The summed E-state index contributed by atoms with van der Waals surface area (Å²) in [6, 6.07) is -0.316. The Morgan fingerprint density at radius 3 is 2.69 bits per heavy atom. The van der Waals surface area contributed by atoms with Crippen LogP contribution in [0.2, 0.25) is 0 Å². The zero-order valence-electron chi connectivity index (χ0n) is 6.64. The summed E-state index contributed by atoms with van der Waals surface area (Å²) in [5.74, 6) is -0.999. The molecule has 0 heterocycles. The van der Waals surface area contributed by atoms with Crippen molar-refractivity contribution in [2.75, 3.05) is 0 Å². The average Bonchev–Trinajstić information content (AvgIpc) is 2.04. The van der Waals surface area contributed by atoms with E-state index < -0.39 is 16.9 Å². The van der Waals surface area contributed by atoms with Crippen molar-refractivity contribution in [3.8, 4) is 0 Å². The monoisotopic (exact) mass is 203 g/mol. The predicted octanol–water partition coefficient (Wildman–Crippen LogP) is -0.558. The highest BCUT2D eigenvalue weighted by molar-refractivity contribution is 7.70. The van der Waals surface area contributed by atoms with Crippen molar-refractivity contribution < 1.29 is 18.3 Å². The van der Waals surface area contributed by atoms with Crippen molar-refractivity contribution in [3.05, 3.63) is 23.8 Å². The van der Waals surface area contributed by atoms with Gasteiger partial charge in [0.25, 0.3) is 0 Å². The molecular formula is C7H9NO4S. The van der Waals surface area contributed by atoms with E-state index in [9.17, 15) is 13.2 Å². The maximum absolute atomic E-state index is 10.4. The number of carbonyl (C=O) groups is 1. The lowest BCUT2D eigenvalue weighted by atomic mass is 10.0. The second-order valence-corrected chi connectivity index (χ2v) is 3.32. The molecule has 0 saturated carbocycles. The van der Waals surface area contributed by atoms with E-state index in [1.54, 1.807) is 0 Å². The maximum Gasteiger partial charge on any atom is 0.335 e. The Labute approximate surface area is 76.8 Å². The van der Waals surface area contributed by atoms with Gasteiger partial charge in [0.1, 0.15) is 0 Å². The van der Waals surface area contributed by atoms with Crippen LogP contribution in [-0.4, -0.2) is 25.5 Å². The lowest BCUT2D eigenvalue weighted by Gasteiger charge is -2.11. The Hall–Kier alpha value is -1.14. The highest BCUT2D eigenvalue weighted by Crippen LogP contribution is 2.10. The molecule has 72 valence electrons. The maximum atomic E-state index is 10.4. The first-order valence-electron chi connectivity index (χ1n) is 3.62. The molecule has 5 nitrogen and oxygen atoms in total. The molecule has 1 aliphatic carbocycles. The smallest absolute Gasteiger partial charge is 0.335 e. The molecule has 6 heteroatoms. The van der Waals surface area contributed by atoms with E-state index in [0.29, 0.717) is 6.42 Å². The Bertz CT molecular complexity index is 334. The second-order valence-electron chi connectivity index (χ2n) is 2.55. The van der Waals surface area contributed by atoms with Gasteiger partial charge in [-0.15, -0.1) is 0 Å². The molecule has 0 aliphatic heterocycles. The van der Waals surface area contributed by atoms with Crippen LogP contribution in [-0.2, 0) is 15.7 Å². The Morgan fingerprint density at radius 2 is 2.31 bits per heavy atom. The Balaban J connectivity index is 2.58. The first-order valence-corrected chi connectivity index (χ1v) is 4.79. The summed E-state index contributed by atoms with van der Waals surface area (Å²) in [4.78, 5) is 10.4. The molecule has 1 unspecified atom stereocenters. The number of nitrogens with one attached hydrogen (secondary N) is 1. The van der Waals surface area contributed by atoms with Gasteiger partial charge in [-0.25, -0.2) is 17.9 Å². The van der Waals surface area contributed by atoms with Crippen LogP contribution in [0.15, 0.2) is 23.8 Å². The summed E-state index contributed by atoms with van der Waals surface area (Å²) in [6.07, 6.45) is 4.78. The van der Waals surface area contributed by atoms with Gasteiger partial charge in [-0.1, -0.05) is 18.2 Å². The van der Waals surface area contributed by atoms with E-state index in [1.807, 2.05) is 0 Å². The first kappa shape index (κ1) is 9.94. The molecule has 0 aromatic carbocycles. The molecule has 0 aromatic rings. The molecule has 0 bridgehead atoms. The molecule has 0 aromatic heterocycles. The fourth-order valence-corrected chi connectivity index (χ4v) is 1.47. The number of carboxylic acid groups (broad SMARTS) is 1. The molecule has 13 heavy (non-hydrogen) atoms. The Morgan fingerprint density at radius 1 is 1.62 bits per heavy atom. The summed E-state index contributed by atoms with van der Waals surface area (Å²) in [5, 5.41) is 8.55. The van der Waals surface area contributed by atoms with Crippen molar-refractivity contribution in [1.29, 1.82) is 0 Å². The highest BCUT2D eigenvalue weighted by atomic mass is 32.2. The van der Waals surface area contributed by atoms with Gasteiger partial charge in [-0.2, -0.15) is 0 Å². The second kappa shape index (κ2) is 4.20. The lowest BCUT2D eigenvalue weighted by molar-refractivity contribution is -0.132. The Kier molecular flexibility index (Phi) is 3.21. The number of thiol groups is 1. The van der Waals surface area contributed by atoms with Gasteiger partial charge in [0.2, 0.25) is 10.9 Å². The number of hydrogen-bond donors (Lipinski definition) is 3. The minimum Gasteiger partial charge on any atom is -0.478 e. The van der Waals surface area contributed by atoms with Crippen molar-refractivity contribution in [3.63, 3.8) is 0 Å². The van der Waals surface area contributed by atoms with Gasteiger partial charge in [0.15, 0.2) is 0 Å². The molecule has 0 saturated heterocycles. The van der Waals surface area contributed by atoms with Gasteiger partial charge in [0.05, 0.1) is 5.57 Å². The molecular weight excluding hydrogens is 194 g/mol. The largest absolute Gasteiger partial charge is 0.478 e. The van der Waals surface area contributed by atoms with Crippen LogP contribution in [0.25, 0.3) is 0 Å². The lowest BCUT2D eigenvalue weighted by Crippen LogP contribution is -2.26. The molecule has 0 radical (unpaired) electrons. The van der Waals surface area contributed by atoms with Crippen LogP contribution in [0.4, 0.5) is 0 Å². The SMILES string of the molecule is O=C(O)C1=CCC(N[SH](=O)=O)C=C1. The summed E-state index contributed by atoms with van der Waals surface area (Å²) in [5.41, 5.74) is 0.194. The third kappa shape index (κ3) is 3.00.